The largest absolute Gasteiger partial charge is 0.493 e. The highest BCUT2D eigenvalue weighted by Gasteiger charge is 2.26. The number of aromatic nitrogens is 2. The van der Waals surface area contributed by atoms with Crippen molar-refractivity contribution < 1.29 is 14.0 Å². The van der Waals surface area contributed by atoms with Crippen LogP contribution in [0, 0.1) is 6.92 Å². The van der Waals surface area contributed by atoms with Crippen LogP contribution in [-0.2, 0) is 6.54 Å². The van der Waals surface area contributed by atoms with Crippen molar-refractivity contribution in [3.8, 4) is 22.8 Å². The summed E-state index contributed by atoms with van der Waals surface area (Å²) in [5, 5.41) is 4.46. The van der Waals surface area contributed by atoms with Gasteiger partial charge in [0.2, 0.25) is 0 Å². The molecule has 1 aliphatic rings. The molecule has 6 nitrogen and oxygen atoms in total. The predicted octanol–water partition coefficient (Wildman–Crippen LogP) is 5.18. The third-order valence-corrected chi connectivity index (χ3v) is 5.71. The maximum Gasteiger partial charge on any atom is 0.167 e. The summed E-state index contributed by atoms with van der Waals surface area (Å²) in [6, 6.07) is 14.3. The maximum atomic E-state index is 5.75. The summed E-state index contributed by atoms with van der Waals surface area (Å²) in [4.78, 5) is 7.19. The lowest BCUT2D eigenvalue weighted by atomic mass is 10.0. The molecule has 3 heterocycles. The summed E-state index contributed by atoms with van der Waals surface area (Å²) < 4.78 is 16.5. The van der Waals surface area contributed by atoms with Crippen molar-refractivity contribution in [2.75, 3.05) is 20.8 Å². The number of hydrogen-bond acceptors (Lipinski definition) is 6. The van der Waals surface area contributed by atoms with Crippen LogP contribution in [0.15, 0.2) is 47.0 Å². The van der Waals surface area contributed by atoms with Crippen LogP contribution in [-0.4, -0.2) is 35.8 Å². The highest BCUT2D eigenvalue weighted by Crippen LogP contribution is 2.36. The normalized spacial score (nSPS) is 17.5. The molecule has 6 heteroatoms. The van der Waals surface area contributed by atoms with Gasteiger partial charge >= 0.3 is 0 Å². The van der Waals surface area contributed by atoms with Crippen LogP contribution in [0.2, 0.25) is 0 Å². The number of hydrogen-bond donors (Lipinski definition) is 0. The molecule has 30 heavy (non-hydrogen) atoms. The molecule has 1 atom stereocenters. The molecule has 158 valence electrons. The highest BCUT2D eigenvalue weighted by molar-refractivity contribution is 5.62. The number of nitrogens with zero attached hydrogens (tertiary/aromatic N) is 3. The van der Waals surface area contributed by atoms with E-state index in [0.717, 1.165) is 47.9 Å². The van der Waals surface area contributed by atoms with Crippen LogP contribution in [0.3, 0.4) is 0 Å². The van der Waals surface area contributed by atoms with E-state index in [9.17, 15) is 0 Å². The first-order valence-corrected chi connectivity index (χ1v) is 10.5. The SMILES string of the molecule is COc1ccc(-c2cc(C3CCCCCN3Cc3cccc(C)n3)no2)cc1OC. The van der Waals surface area contributed by atoms with Gasteiger partial charge in [-0.15, -0.1) is 0 Å². The van der Waals surface area contributed by atoms with Gasteiger partial charge in [-0.25, -0.2) is 0 Å². The van der Waals surface area contributed by atoms with Crippen LogP contribution in [0.1, 0.15) is 48.8 Å². The van der Waals surface area contributed by atoms with Crippen LogP contribution in [0.4, 0.5) is 0 Å². The summed E-state index contributed by atoms with van der Waals surface area (Å²) in [5.74, 6) is 2.11. The Morgan fingerprint density at radius 3 is 2.70 bits per heavy atom. The van der Waals surface area contributed by atoms with Gasteiger partial charge < -0.3 is 14.0 Å². The monoisotopic (exact) mass is 407 g/mol. The summed E-state index contributed by atoms with van der Waals surface area (Å²) >= 11 is 0. The van der Waals surface area contributed by atoms with Crippen molar-refractivity contribution in [3.05, 3.63) is 59.5 Å². The lowest BCUT2D eigenvalue weighted by Crippen LogP contribution is -2.28. The third kappa shape index (κ3) is 4.49. The number of ether oxygens (including phenoxy) is 2. The van der Waals surface area contributed by atoms with Crippen LogP contribution in [0.5, 0.6) is 11.5 Å². The van der Waals surface area contributed by atoms with Gasteiger partial charge in [-0.2, -0.15) is 0 Å². The minimum absolute atomic E-state index is 0.229. The van der Waals surface area contributed by atoms with Crippen LogP contribution in [0.25, 0.3) is 11.3 Å². The van der Waals surface area contributed by atoms with Gasteiger partial charge in [0.15, 0.2) is 17.3 Å². The third-order valence-electron chi connectivity index (χ3n) is 5.71. The molecular weight excluding hydrogens is 378 g/mol. The molecule has 0 saturated carbocycles. The average molecular weight is 408 g/mol. The van der Waals surface area contributed by atoms with E-state index < -0.39 is 0 Å². The first-order valence-electron chi connectivity index (χ1n) is 10.5. The Morgan fingerprint density at radius 1 is 1.03 bits per heavy atom. The standard InChI is InChI=1S/C24H29N3O3/c1-17-8-7-9-19(25-17)16-27-13-6-4-5-10-21(27)20-15-23(30-26-20)18-11-12-22(28-2)24(14-18)29-3/h7-9,11-12,14-15,21H,4-6,10,13,16H2,1-3H3. The number of likely N-dealkylation sites (tertiary alicyclic amines) is 1. The Balaban J connectivity index is 1.59. The average Bonchev–Trinajstić information content (AvgIpc) is 3.14. The number of aryl methyl sites for hydroxylation is 1. The molecule has 1 unspecified atom stereocenters. The Bertz CT molecular complexity index is 985. The molecule has 1 aliphatic heterocycles. The summed E-state index contributed by atoms with van der Waals surface area (Å²) in [7, 11) is 3.27. The van der Waals surface area contributed by atoms with E-state index >= 15 is 0 Å². The fourth-order valence-electron chi connectivity index (χ4n) is 4.16. The molecule has 0 amide bonds. The molecule has 0 bridgehead atoms. The van der Waals surface area contributed by atoms with Gasteiger partial charge in [-0.3, -0.25) is 9.88 Å². The zero-order valence-electron chi connectivity index (χ0n) is 17.9. The fraction of sp³-hybridized carbons (Fsp3) is 0.417. The van der Waals surface area contributed by atoms with E-state index in [4.69, 9.17) is 19.0 Å². The van der Waals surface area contributed by atoms with Gasteiger partial charge in [-0.05, 0) is 56.6 Å². The number of methoxy groups -OCH3 is 2. The van der Waals surface area contributed by atoms with Crippen molar-refractivity contribution in [2.24, 2.45) is 0 Å². The summed E-state index contributed by atoms with van der Waals surface area (Å²) in [6.07, 6.45) is 4.71. The predicted molar refractivity (Wildman–Crippen MR) is 116 cm³/mol. The van der Waals surface area contributed by atoms with Crippen molar-refractivity contribution in [1.29, 1.82) is 0 Å². The molecule has 0 spiro atoms. The maximum absolute atomic E-state index is 5.75. The minimum atomic E-state index is 0.229. The van der Waals surface area contributed by atoms with Crippen LogP contribution < -0.4 is 9.47 Å². The summed E-state index contributed by atoms with van der Waals surface area (Å²) in [5.41, 5.74) is 4.06. The first-order chi connectivity index (χ1) is 14.7. The highest BCUT2D eigenvalue weighted by atomic mass is 16.5. The van der Waals surface area contributed by atoms with Crippen LogP contribution >= 0.6 is 0 Å². The molecule has 0 radical (unpaired) electrons. The molecule has 2 aromatic heterocycles. The van der Waals surface area contributed by atoms with Gasteiger partial charge in [0.25, 0.3) is 0 Å². The lowest BCUT2D eigenvalue weighted by molar-refractivity contribution is 0.182. The van der Waals surface area contributed by atoms with E-state index in [0.29, 0.717) is 11.5 Å². The van der Waals surface area contributed by atoms with Crippen molar-refractivity contribution in [1.82, 2.24) is 15.0 Å². The molecule has 3 aromatic rings. The Kier molecular flexibility index (Phi) is 6.33. The molecule has 0 aliphatic carbocycles. The van der Waals surface area contributed by atoms with Gasteiger partial charge in [0.05, 0.1) is 26.0 Å². The molecule has 1 saturated heterocycles. The lowest BCUT2D eigenvalue weighted by Gasteiger charge is -2.28. The van der Waals surface area contributed by atoms with Crippen molar-refractivity contribution in [3.63, 3.8) is 0 Å². The van der Waals surface area contributed by atoms with Gasteiger partial charge in [-0.1, -0.05) is 24.1 Å². The topological polar surface area (TPSA) is 60.6 Å². The molecule has 1 aromatic carbocycles. The van der Waals surface area contributed by atoms with Crippen molar-refractivity contribution in [2.45, 2.75) is 45.2 Å². The zero-order valence-corrected chi connectivity index (χ0v) is 17.9. The fourth-order valence-corrected chi connectivity index (χ4v) is 4.16. The zero-order chi connectivity index (χ0) is 20.9. The number of benzene rings is 1. The minimum Gasteiger partial charge on any atom is -0.493 e. The van der Waals surface area contributed by atoms with Gasteiger partial charge in [0, 0.05) is 23.9 Å². The van der Waals surface area contributed by atoms with E-state index in [1.54, 1.807) is 14.2 Å². The number of pyridine rings is 1. The Labute approximate surface area is 177 Å². The molecular formula is C24H29N3O3. The van der Waals surface area contributed by atoms with Crippen molar-refractivity contribution >= 4 is 0 Å². The Hall–Kier alpha value is -2.86. The molecule has 1 fully saturated rings. The molecule has 4 rings (SSSR count). The molecule has 0 N–H and O–H groups in total. The number of rotatable bonds is 6. The van der Waals surface area contributed by atoms with E-state index in [1.165, 1.54) is 19.3 Å². The van der Waals surface area contributed by atoms with Gasteiger partial charge in [0.1, 0.15) is 5.69 Å². The van der Waals surface area contributed by atoms with E-state index in [-0.39, 0.29) is 6.04 Å². The van der Waals surface area contributed by atoms with E-state index in [1.807, 2.05) is 31.2 Å². The van der Waals surface area contributed by atoms with E-state index in [2.05, 4.69) is 28.3 Å². The smallest absolute Gasteiger partial charge is 0.167 e. The summed E-state index contributed by atoms with van der Waals surface area (Å²) in [6.45, 7) is 3.90. The second-order valence-corrected chi connectivity index (χ2v) is 7.79. The second-order valence-electron chi connectivity index (χ2n) is 7.79. The second kappa shape index (κ2) is 9.30. The quantitative estimate of drug-likeness (QED) is 0.561. The Morgan fingerprint density at radius 2 is 1.90 bits per heavy atom. The first kappa shape index (κ1) is 20.4.